The molecule has 1 aliphatic rings. The van der Waals surface area contributed by atoms with Gasteiger partial charge in [0.2, 0.25) is 0 Å². The van der Waals surface area contributed by atoms with E-state index in [1.165, 1.54) is 6.07 Å². The Morgan fingerprint density at radius 2 is 1.81 bits per heavy atom. The van der Waals surface area contributed by atoms with Gasteiger partial charge in [0.15, 0.2) is 11.6 Å². The van der Waals surface area contributed by atoms with Crippen LogP contribution in [-0.2, 0) is 9.47 Å². The van der Waals surface area contributed by atoms with Crippen LogP contribution >= 0.6 is 0 Å². The molecule has 31 heavy (non-hydrogen) atoms. The summed E-state index contributed by atoms with van der Waals surface area (Å²) in [5.41, 5.74) is -0.780. The SMILES string of the molecule is COC(=O)c1cc(F)c(OC(F)F)c(NC(C)C2CCN(C(=O)OC(C)(C)C)CC2)c1. The number of esters is 1. The molecule has 1 fully saturated rings. The van der Waals surface area contributed by atoms with Crippen LogP contribution in [0.4, 0.5) is 23.7 Å². The van der Waals surface area contributed by atoms with Crippen molar-refractivity contribution in [1.82, 2.24) is 4.90 Å². The number of halogens is 3. The standard InChI is InChI=1S/C21H29F3N2O5/c1-12(13-6-8-26(9-7-13)20(28)31-21(2,3)4)25-16-11-14(18(27)29-5)10-15(22)17(16)30-19(23)24/h10-13,19,25H,6-9H2,1-5H3. The van der Waals surface area contributed by atoms with Crippen molar-refractivity contribution >= 4 is 17.7 Å². The topological polar surface area (TPSA) is 77.1 Å². The van der Waals surface area contributed by atoms with Gasteiger partial charge in [-0.2, -0.15) is 8.78 Å². The third kappa shape index (κ3) is 6.93. The summed E-state index contributed by atoms with van der Waals surface area (Å²) in [6.45, 7) is 4.93. The van der Waals surface area contributed by atoms with Crippen LogP contribution in [0, 0.1) is 11.7 Å². The van der Waals surface area contributed by atoms with E-state index in [0.717, 1.165) is 13.2 Å². The molecule has 10 heteroatoms. The van der Waals surface area contributed by atoms with Crippen molar-refractivity contribution < 1.29 is 37.0 Å². The Kier molecular flexibility index (Phi) is 8.02. The monoisotopic (exact) mass is 446 g/mol. The number of carbonyl (C=O) groups is 2. The van der Waals surface area contributed by atoms with Crippen molar-refractivity contribution in [2.75, 3.05) is 25.5 Å². The number of nitrogens with one attached hydrogen (secondary N) is 1. The van der Waals surface area contributed by atoms with Crippen molar-refractivity contribution in [3.8, 4) is 5.75 Å². The first-order valence-corrected chi connectivity index (χ1v) is 10.0. The number of ether oxygens (including phenoxy) is 3. The van der Waals surface area contributed by atoms with Gasteiger partial charge in [-0.3, -0.25) is 0 Å². The minimum Gasteiger partial charge on any atom is -0.465 e. The van der Waals surface area contributed by atoms with E-state index in [1.54, 1.807) is 25.7 Å². The smallest absolute Gasteiger partial charge is 0.410 e. The minimum atomic E-state index is -3.23. The van der Waals surface area contributed by atoms with Gasteiger partial charge in [0, 0.05) is 19.1 Å². The Bertz CT molecular complexity index is 790. The largest absolute Gasteiger partial charge is 0.465 e. The molecule has 2 rings (SSSR count). The number of hydrogen-bond donors (Lipinski definition) is 1. The van der Waals surface area contributed by atoms with E-state index >= 15 is 0 Å². The van der Waals surface area contributed by atoms with Gasteiger partial charge in [0.1, 0.15) is 5.60 Å². The zero-order valence-corrected chi connectivity index (χ0v) is 18.3. The Labute approximate surface area is 179 Å². The van der Waals surface area contributed by atoms with Crippen molar-refractivity contribution in [3.05, 3.63) is 23.5 Å². The molecular weight excluding hydrogens is 417 g/mol. The lowest BCUT2D eigenvalue weighted by Crippen LogP contribution is -2.44. The number of hydrogen-bond acceptors (Lipinski definition) is 6. The number of nitrogens with zero attached hydrogens (tertiary/aromatic N) is 1. The third-order valence-corrected chi connectivity index (χ3v) is 4.95. The summed E-state index contributed by atoms with van der Waals surface area (Å²) in [5.74, 6) is -2.50. The predicted octanol–water partition coefficient (Wildman–Crippen LogP) is 4.66. The van der Waals surface area contributed by atoms with Gasteiger partial charge in [0.05, 0.1) is 18.4 Å². The van der Waals surface area contributed by atoms with E-state index in [-0.39, 0.29) is 29.3 Å². The number of rotatable bonds is 6. The van der Waals surface area contributed by atoms with Crippen molar-refractivity contribution in [2.45, 2.75) is 58.8 Å². The first-order valence-electron chi connectivity index (χ1n) is 10.0. The van der Waals surface area contributed by atoms with Gasteiger partial charge in [-0.05, 0) is 58.6 Å². The van der Waals surface area contributed by atoms with Crippen LogP contribution in [-0.4, -0.2) is 55.4 Å². The summed E-state index contributed by atoms with van der Waals surface area (Å²) in [6, 6.07) is 1.74. The van der Waals surface area contributed by atoms with E-state index in [1.807, 2.05) is 6.92 Å². The van der Waals surface area contributed by atoms with Crippen LogP contribution < -0.4 is 10.1 Å². The molecule has 1 unspecified atom stereocenters. The van der Waals surface area contributed by atoms with Gasteiger partial charge in [-0.1, -0.05) is 0 Å². The van der Waals surface area contributed by atoms with Gasteiger partial charge >= 0.3 is 18.7 Å². The molecule has 7 nitrogen and oxygen atoms in total. The maximum Gasteiger partial charge on any atom is 0.410 e. The zero-order chi connectivity index (χ0) is 23.3. The molecule has 0 bridgehead atoms. The average molecular weight is 446 g/mol. The molecule has 0 aromatic heterocycles. The van der Waals surface area contributed by atoms with Gasteiger partial charge in [0.25, 0.3) is 0 Å². The highest BCUT2D eigenvalue weighted by molar-refractivity contribution is 5.91. The van der Waals surface area contributed by atoms with E-state index < -0.39 is 29.7 Å². The summed E-state index contributed by atoms with van der Waals surface area (Å²) in [7, 11) is 1.14. The van der Waals surface area contributed by atoms with Crippen LogP contribution in [0.5, 0.6) is 5.75 Å². The quantitative estimate of drug-likeness (QED) is 0.641. The molecule has 0 radical (unpaired) electrons. The first kappa shape index (κ1) is 24.6. The van der Waals surface area contributed by atoms with Gasteiger partial charge < -0.3 is 24.4 Å². The summed E-state index contributed by atoms with van der Waals surface area (Å²) < 4.78 is 54.2. The zero-order valence-electron chi connectivity index (χ0n) is 18.3. The summed E-state index contributed by atoms with van der Waals surface area (Å²) in [6.07, 6.45) is 0.891. The number of likely N-dealkylation sites (tertiary alicyclic amines) is 1. The number of carbonyl (C=O) groups excluding carboxylic acids is 2. The molecule has 174 valence electrons. The Morgan fingerprint density at radius 3 is 2.32 bits per heavy atom. The van der Waals surface area contributed by atoms with Crippen LogP contribution in [0.15, 0.2) is 12.1 Å². The maximum atomic E-state index is 14.4. The van der Waals surface area contributed by atoms with Gasteiger partial charge in [-0.15, -0.1) is 0 Å². The Hall–Kier alpha value is -2.65. The number of amides is 1. The molecule has 0 spiro atoms. The fourth-order valence-electron chi connectivity index (χ4n) is 3.42. The van der Waals surface area contributed by atoms with Crippen LogP contribution in [0.25, 0.3) is 0 Å². The van der Waals surface area contributed by atoms with E-state index in [9.17, 15) is 22.8 Å². The fourth-order valence-corrected chi connectivity index (χ4v) is 3.42. The van der Waals surface area contributed by atoms with Crippen LogP contribution in [0.1, 0.15) is 50.9 Å². The van der Waals surface area contributed by atoms with E-state index in [4.69, 9.17) is 4.74 Å². The van der Waals surface area contributed by atoms with E-state index in [2.05, 4.69) is 14.8 Å². The molecule has 1 atom stereocenters. The number of benzene rings is 1. The normalized spacial score (nSPS) is 16.1. The molecule has 1 heterocycles. The molecular formula is C21H29F3N2O5. The van der Waals surface area contributed by atoms with Crippen LogP contribution in [0.2, 0.25) is 0 Å². The number of anilines is 1. The molecule has 1 aliphatic heterocycles. The fraction of sp³-hybridized carbons (Fsp3) is 0.619. The average Bonchev–Trinajstić information content (AvgIpc) is 2.68. The van der Waals surface area contributed by atoms with Gasteiger partial charge in [-0.25, -0.2) is 14.0 Å². The van der Waals surface area contributed by atoms with Crippen molar-refractivity contribution in [3.63, 3.8) is 0 Å². The Balaban J connectivity index is 2.10. The molecule has 0 aliphatic carbocycles. The molecule has 1 amide bonds. The number of piperidine rings is 1. The molecule has 1 saturated heterocycles. The molecule has 1 aromatic carbocycles. The summed E-state index contributed by atoms with van der Waals surface area (Å²) in [4.78, 5) is 25.6. The highest BCUT2D eigenvalue weighted by Gasteiger charge is 2.30. The highest BCUT2D eigenvalue weighted by atomic mass is 19.3. The van der Waals surface area contributed by atoms with E-state index in [0.29, 0.717) is 25.9 Å². The molecule has 1 aromatic rings. The highest BCUT2D eigenvalue weighted by Crippen LogP contribution is 2.34. The Morgan fingerprint density at radius 1 is 1.19 bits per heavy atom. The predicted molar refractivity (Wildman–Crippen MR) is 108 cm³/mol. The summed E-state index contributed by atoms with van der Waals surface area (Å²) in [5, 5.41) is 2.99. The minimum absolute atomic E-state index is 0.0669. The lowest BCUT2D eigenvalue weighted by atomic mass is 9.90. The number of alkyl halides is 2. The maximum absolute atomic E-state index is 14.4. The van der Waals surface area contributed by atoms with Crippen molar-refractivity contribution in [2.24, 2.45) is 5.92 Å². The molecule has 0 saturated carbocycles. The third-order valence-electron chi connectivity index (χ3n) is 4.95. The second-order valence-corrected chi connectivity index (χ2v) is 8.44. The summed E-state index contributed by atoms with van der Waals surface area (Å²) >= 11 is 0. The van der Waals surface area contributed by atoms with Crippen LogP contribution in [0.3, 0.4) is 0 Å². The second-order valence-electron chi connectivity index (χ2n) is 8.44. The second kappa shape index (κ2) is 10.1. The lowest BCUT2D eigenvalue weighted by molar-refractivity contribution is -0.0517. The molecule has 1 N–H and O–H groups in total. The first-order chi connectivity index (χ1) is 14.4. The lowest BCUT2D eigenvalue weighted by Gasteiger charge is -2.36. The number of methoxy groups -OCH3 is 1. The van der Waals surface area contributed by atoms with Crippen molar-refractivity contribution in [1.29, 1.82) is 0 Å².